The molecule has 0 aliphatic heterocycles. The van der Waals surface area contributed by atoms with E-state index in [2.05, 4.69) is 41.5 Å². The quantitative estimate of drug-likeness (QED) is 0.847. The van der Waals surface area contributed by atoms with Gasteiger partial charge in [0.1, 0.15) is 5.82 Å². The Morgan fingerprint density at radius 1 is 1.21 bits per heavy atom. The van der Waals surface area contributed by atoms with E-state index >= 15 is 0 Å². The van der Waals surface area contributed by atoms with Crippen molar-refractivity contribution in [2.45, 2.75) is 33.1 Å². The Morgan fingerprint density at radius 3 is 2.58 bits per heavy atom. The number of benzene rings is 1. The molecule has 1 aromatic carbocycles. The van der Waals surface area contributed by atoms with Gasteiger partial charge in [0.25, 0.3) is 0 Å². The molecule has 0 atom stereocenters. The van der Waals surface area contributed by atoms with Gasteiger partial charge in [-0.1, -0.05) is 25.5 Å². The minimum atomic E-state index is 0.761. The molecule has 0 spiro atoms. The second kappa shape index (κ2) is 6.23. The molecule has 0 saturated carbocycles. The Kier molecular flexibility index (Phi) is 4.39. The largest absolute Gasteiger partial charge is 0.398 e. The van der Waals surface area contributed by atoms with E-state index in [0.29, 0.717) is 0 Å². The number of nitrogens with zero attached hydrogens (tertiary/aromatic N) is 1. The third-order valence-electron chi connectivity index (χ3n) is 3.19. The van der Waals surface area contributed by atoms with Gasteiger partial charge in [-0.05, 0) is 43.0 Å². The molecule has 0 bridgehead atoms. The third-order valence-corrected chi connectivity index (χ3v) is 3.19. The van der Waals surface area contributed by atoms with Crippen LogP contribution in [0.5, 0.6) is 0 Å². The molecule has 3 nitrogen and oxygen atoms in total. The average molecular weight is 255 g/mol. The summed E-state index contributed by atoms with van der Waals surface area (Å²) in [4.78, 5) is 4.32. The van der Waals surface area contributed by atoms with Crippen LogP contribution in [0.15, 0.2) is 36.5 Å². The summed E-state index contributed by atoms with van der Waals surface area (Å²) < 4.78 is 0. The molecule has 0 fully saturated rings. The molecular weight excluding hydrogens is 234 g/mol. The lowest BCUT2D eigenvalue weighted by atomic mass is 10.1. The first kappa shape index (κ1) is 13.4. The Balaban J connectivity index is 2.04. The molecule has 2 aromatic rings. The van der Waals surface area contributed by atoms with Crippen molar-refractivity contribution in [2.75, 3.05) is 11.1 Å². The number of anilines is 3. The second-order valence-electron chi connectivity index (χ2n) is 4.85. The fourth-order valence-electron chi connectivity index (χ4n) is 1.89. The molecule has 1 heterocycles. The van der Waals surface area contributed by atoms with Crippen LogP contribution < -0.4 is 11.1 Å². The van der Waals surface area contributed by atoms with Crippen molar-refractivity contribution in [1.82, 2.24) is 4.98 Å². The number of hydrogen-bond acceptors (Lipinski definition) is 3. The lowest BCUT2D eigenvalue weighted by Crippen LogP contribution is -1.97. The van der Waals surface area contributed by atoms with Crippen molar-refractivity contribution in [3.63, 3.8) is 0 Å². The maximum atomic E-state index is 5.87. The summed E-state index contributed by atoms with van der Waals surface area (Å²) in [5.41, 5.74) is 10.1. The van der Waals surface area contributed by atoms with Gasteiger partial charge in [0.05, 0.1) is 0 Å². The SMILES string of the molecule is CCCCc1ccc(Nc2cc(N)c(C)cn2)cc1. The van der Waals surface area contributed by atoms with Crippen LogP contribution in [0.25, 0.3) is 0 Å². The fraction of sp³-hybridized carbons (Fsp3) is 0.312. The van der Waals surface area contributed by atoms with Crippen molar-refractivity contribution < 1.29 is 0 Å². The number of hydrogen-bond donors (Lipinski definition) is 2. The molecule has 3 heteroatoms. The summed E-state index contributed by atoms with van der Waals surface area (Å²) in [6.07, 6.45) is 5.40. The van der Waals surface area contributed by atoms with Crippen molar-refractivity contribution in [3.8, 4) is 0 Å². The monoisotopic (exact) mass is 255 g/mol. The maximum absolute atomic E-state index is 5.87. The lowest BCUT2D eigenvalue weighted by Gasteiger charge is -2.08. The third kappa shape index (κ3) is 3.71. The van der Waals surface area contributed by atoms with Gasteiger partial charge >= 0.3 is 0 Å². The molecule has 1 aromatic heterocycles. The number of pyridine rings is 1. The first-order valence-corrected chi connectivity index (χ1v) is 6.77. The van der Waals surface area contributed by atoms with Crippen LogP contribution in [0.1, 0.15) is 30.9 Å². The molecule has 0 radical (unpaired) electrons. The van der Waals surface area contributed by atoms with Gasteiger partial charge in [-0.15, -0.1) is 0 Å². The molecule has 0 aliphatic carbocycles. The van der Waals surface area contributed by atoms with Crippen LogP contribution in [-0.4, -0.2) is 4.98 Å². The van der Waals surface area contributed by atoms with Crippen molar-refractivity contribution in [3.05, 3.63) is 47.7 Å². The Labute approximate surface area is 114 Å². The fourth-order valence-corrected chi connectivity index (χ4v) is 1.89. The van der Waals surface area contributed by atoms with Gasteiger partial charge in [0.2, 0.25) is 0 Å². The number of nitrogens with two attached hydrogens (primary N) is 1. The Bertz CT molecular complexity index is 532. The molecule has 19 heavy (non-hydrogen) atoms. The average Bonchev–Trinajstić information content (AvgIpc) is 2.42. The van der Waals surface area contributed by atoms with Crippen molar-refractivity contribution in [1.29, 1.82) is 0 Å². The van der Waals surface area contributed by atoms with Crippen LogP contribution >= 0.6 is 0 Å². The van der Waals surface area contributed by atoms with Gasteiger partial charge in [-0.2, -0.15) is 0 Å². The van der Waals surface area contributed by atoms with E-state index in [9.17, 15) is 0 Å². The summed E-state index contributed by atoms with van der Waals surface area (Å²) in [5.74, 6) is 0.782. The zero-order valence-corrected chi connectivity index (χ0v) is 11.6. The van der Waals surface area contributed by atoms with Crippen LogP contribution in [-0.2, 0) is 6.42 Å². The van der Waals surface area contributed by atoms with E-state index in [1.807, 2.05) is 13.0 Å². The highest BCUT2D eigenvalue weighted by molar-refractivity contribution is 5.61. The van der Waals surface area contributed by atoms with Gasteiger partial charge in [-0.25, -0.2) is 4.98 Å². The van der Waals surface area contributed by atoms with Crippen molar-refractivity contribution >= 4 is 17.2 Å². The standard InChI is InChI=1S/C16H21N3/c1-3-4-5-13-6-8-14(9-7-13)19-16-10-15(17)12(2)11-18-16/h6-11H,3-5H2,1-2H3,(H3,17,18,19). The molecule has 3 N–H and O–H groups in total. The number of rotatable bonds is 5. The molecular formula is C16H21N3. The summed E-state index contributed by atoms with van der Waals surface area (Å²) in [5, 5.41) is 3.26. The molecule has 0 unspecified atom stereocenters. The minimum absolute atomic E-state index is 0.761. The second-order valence-corrected chi connectivity index (χ2v) is 4.85. The predicted molar refractivity (Wildman–Crippen MR) is 81.7 cm³/mol. The highest BCUT2D eigenvalue weighted by Crippen LogP contribution is 2.19. The topological polar surface area (TPSA) is 50.9 Å². The predicted octanol–water partition coefficient (Wildman–Crippen LogP) is 4.06. The Morgan fingerprint density at radius 2 is 1.95 bits per heavy atom. The van der Waals surface area contributed by atoms with E-state index in [1.54, 1.807) is 6.20 Å². The van der Waals surface area contributed by atoms with E-state index in [-0.39, 0.29) is 0 Å². The van der Waals surface area contributed by atoms with Crippen LogP contribution in [0, 0.1) is 6.92 Å². The smallest absolute Gasteiger partial charge is 0.132 e. The van der Waals surface area contributed by atoms with Gasteiger partial charge in [0.15, 0.2) is 0 Å². The van der Waals surface area contributed by atoms with Gasteiger partial charge < -0.3 is 11.1 Å². The number of nitrogen functional groups attached to an aromatic ring is 1. The number of aromatic nitrogens is 1. The summed E-state index contributed by atoms with van der Waals surface area (Å²) in [7, 11) is 0. The minimum Gasteiger partial charge on any atom is -0.398 e. The highest BCUT2D eigenvalue weighted by atomic mass is 15.0. The first-order chi connectivity index (χ1) is 9.19. The summed E-state index contributed by atoms with van der Waals surface area (Å²) in [6.45, 7) is 4.16. The van der Waals surface area contributed by atoms with E-state index < -0.39 is 0 Å². The highest BCUT2D eigenvalue weighted by Gasteiger charge is 2.00. The van der Waals surface area contributed by atoms with Crippen LogP contribution in [0.4, 0.5) is 17.2 Å². The first-order valence-electron chi connectivity index (χ1n) is 6.77. The molecule has 2 rings (SSSR count). The van der Waals surface area contributed by atoms with E-state index in [4.69, 9.17) is 5.73 Å². The van der Waals surface area contributed by atoms with E-state index in [0.717, 1.165) is 29.2 Å². The van der Waals surface area contributed by atoms with Crippen LogP contribution in [0.3, 0.4) is 0 Å². The van der Waals surface area contributed by atoms with E-state index in [1.165, 1.54) is 18.4 Å². The zero-order chi connectivity index (χ0) is 13.7. The molecule has 100 valence electrons. The normalized spacial score (nSPS) is 10.4. The maximum Gasteiger partial charge on any atom is 0.132 e. The molecule has 0 amide bonds. The number of aryl methyl sites for hydroxylation is 2. The van der Waals surface area contributed by atoms with Gasteiger partial charge in [-0.3, -0.25) is 0 Å². The summed E-state index contributed by atoms with van der Waals surface area (Å²) in [6, 6.07) is 10.4. The lowest BCUT2D eigenvalue weighted by molar-refractivity contribution is 0.795. The summed E-state index contributed by atoms with van der Waals surface area (Å²) >= 11 is 0. The zero-order valence-electron chi connectivity index (χ0n) is 11.6. The molecule has 0 aliphatic rings. The van der Waals surface area contributed by atoms with Crippen molar-refractivity contribution in [2.24, 2.45) is 0 Å². The number of nitrogens with one attached hydrogen (secondary N) is 1. The van der Waals surface area contributed by atoms with Gasteiger partial charge in [0, 0.05) is 23.6 Å². The number of unbranched alkanes of at least 4 members (excludes halogenated alkanes) is 1. The molecule has 0 saturated heterocycles. The Hall–Kier alpha value is -2.03. The van der Waals surface area contributed by atoms with Crippen LogP contribution in [0.2, 0.25) is 0 Å².